The summed E-state index contributed by atoms with van der Waals surface area (Å²) in [5, 5.41) is 2.79. The zero-order valence-corrected chi connectivity index (χ0v) is 11.5. The van der Waals surface area contributed by atoms with Crippen molar-refractivity contribution >= 4 is 11.6 Å². The first-order valence-corrected chi connectivity index (χ1v) is 6.36. The fourth-order valence-corrected chi connectivity index (χ4v) is 1.73. The molecule has 0 aliphatic rings. The molecule has 0 saturated carbocycles. The van der Waals surface area contributed by atoms with Crippen LogP contribution in [0.4, 0.5) is 5.69 Å². The lowest BCUT2D eigenvalue weighted by Crippen LogP contribution is -2.30. The van der Waals surface area contributed by atoms with Gasteiger partial charge in [-0.25, -0.2) is 0 Å². The van der Waals surface area contributed by atoms with E-state index in [0.717, 1.165) is 5.69 Å². The van der Waals surface area contributed by atoms with Gasteiger partial charge in [-0.2, -0.15) is 0 Å². The summed E-state index contributed by atoms with van der Waals surface area (Å²) in [6, 6.07) is 16.5. The number of ether oxygens (including phenoxy) is 2. The average Bonchev–Trinajstić information content (AvgIpc) is 2.48. The third-order valence-corrected chi connectivity index (χ3v) is 2.78. The second-order valence-corrected chi connectivity index (χ2v) is 4.27. The molecule has 1 amide bonds. The van der Waals surface area contributed by atoms with Crippen LogP contribution in [0, 0.1) is 0 Å². The predicted octanol–water partition coefficient (Wildman–Crippen LogP) is 3.10. The van der Waals surface area contributed by atoms with Gasteiger partial charge in [-0.05, 0) is 31.2 Å². The molecule has 2 rings (SSSR count). The summed E-state index contributed by atoms with van der Waals surface area (Å²) in [7, 11) is 1.57. The predicted molar refractivity (Wildman–Crippen MR) is 78.2 cm³/mol. The van der Waals surface area contributed by atoms with Crippen LogP contribution in [0.2, 0.25) is 0 Å². The number of benzene rings is 2. The Morgan fingerprint density at radius 2 is 1.60 bits per heavy atom. The number of carbonyl (C=O) groups excluding carboxylic acids is 1. The maximum Gasteiger partial charge on any atom is 0.265 e. The Hall–Kier alpha value is -2.49. The lowest BCUT2D eigenvalue weighted by atomic mass is 10.3. The molecule has 0 radical (unpaired) electrons. The maximum absolute atomic E-state index is 12.0. The molecule has 2 aromatic carbocycles. The van der Waals surface area contributed by atoms with Crippen molar-refractivity contribution in [1.82, 2.24) is 0 Å². The summed E-state index contributed by atoms with van der Waals surface area (Å²) in [5.41, 5.74) is 0.743. The molecule has 0 aromatic heterocycles. The van der Waals surface area contributed by atoms with E-state index in [-0.39, 0.29) is 5.91 Å². The van der Waals surface area contributed by atoms with Crippen LogP contribution in [-0.4, -0.2) is 19.1 Å². The molecular formula is C16H17NO3. The van der Waals surface area contributed by atoms with Crippen molar-refractivity contribution in [1.29, 1.82) is 0 Å². The number of carbonyl (C=O) groups is 1. The van der Waals surface area contributed by atoms with E-state index in [2.05, 4.69) is 5.32 Å². The molecule has 1 N–H and O–H groups in total. The quantitative estimate of drug-likeness (QED) is 0.909. The molecule has 20 heavy (non-hydrogen) atoms. The summed E-state index contributed by atoms with van der Waals surface area (Å²) in [4.78, 5) is 12.0. The lowest BCUT2D eigenvalue weighted by Gasteiger charge is -2.16. The molecule has 0 heterocycles. The van der Waals surface area contributed by atoms with Crippen molar-refractivity contribution in [2.24, 2.45) is 0 Å². The molecule has 0 unspecified atom stereocenters. The van der Waals surface area contributed by atoms with Crippen LogP contribution in [0.1, 0.15) is 6.92 Å². The fourth-order valence-electron chi connectivity index (χ4n) is 1.73. The van der Waals surface area contributed by atoms with Gasteiger partial charge in [0.05, 0.1) is 7.11 Å². The zero-order valence-electron chi connectivity index (χ0n) is 11.5. The second-order valence-electron chi connectivity index (χ2n) is 4.27. The van der Waals surface area contributed by atoms with Gasteiger partial charge in [-0.15, -0.1) is 0 Å². The highest BCUT2D eigenvalue weighted by molar-refractivity contribution is 5.94. The highest BCUT2D eigenvalue weighted by atomic mass is 16.5. The van der Waals surface area contributed by atoms with Gasteiger partial charge < -0.3 is 14.8 Å². The van der Waals surface area contributed by atoms with Gasteiger partial charge in [0, 0.05) is 5.69 Å². The number of para-hydroxylation sites is 3. The van der Waals surface area contributed by atoms with E-state index in [1.54, 1.807) is 26.2 Å². The van der Waals surface area contributed by atoms with E-state index in [9.17, 15) is 4.79 Å². The smallest absolute Gasteiger partial charge is 0.265 e. The Kier molecular flexibility index (Phi) is 4.60. The first-order chi connectivity index (χ1) is 9.70. The second kappa shape index (κ2) is 6.61. The van der Waals surface area contributed by atoms with E-state index in [0.29, 0.717) is 11.5 Å². The van der Waals surface area contributed by atoms with Crippen LogP contribution in [0.3, 0.4) is 0 Å². The van der Waals surface area contributed by atoms with Gasteiger partial charge in [0.25, 0.3) is 5.91 Å². The molecule has 0 fully saturated rings. The molecule has 4 heteroatoms. The highest BCUT2D eigenvalue weighted by Gasteiger charge is 2.16. The van der Waals surface area contributed by atoms with E-state index in [1.165, 1.54) is 0 Å². The van der Waals surface area contributed by atoms with Crippen LogP contribution in [0.15, 0.2) is 54.6 Å². The van der Waals surface area contributed by atoms with Crippen LogP contribution < -0.4 is 14.8 Å². The summed E-state index contributed by atoms with van der Waals surface area (Å²) in [6.45, 7) is 1.70. The Morgan fingerprint density at radius 1 is 1.00 bits per heavy atom. The number of rotatable bonds is 5. The number of anilines is 1. The first kappa shape index (κ1) is 13.9. The number of amides is 1. The van der Waals surface area contributed by atoms with Gasteiger partial charge in [-0.1, -0.05) is 30.3 Å². The van der Waals surface area contributed by atoms with Gasteiger partial charge in [0.1, 0.15) is 0 Å². The van der Waals surface area contributed by atoms with E-state index in [1.807, 2.05) is 42.5 Å². The van der Waals surface area contributed by atoms with Crippen molar-refractivity contribution in [3.8, 4) is 11.5 Å². The van der Waals surface area contributed by atoms with E-state index < -0.39 is 6.10 Å². The van der Waals surface area contributed by atoms with Crippen LogP contribution in [0.25, 0.3) is 0 Å². The topological polar surface area (TPSA) is 47.6 Å². The molecular weight excluding hydrogens is 254 g/mol. The highest BCUT2D eigenvalue weighted by Crippen LogP contribution is 2.26. The van der Waals surface area contributed by atoms with E-state index >= 15 is 0 Å². The molecule has 4 nitrogen and oxygen atoms in total. The number of methoxy groups -OCH3 is 1. The normalized spacial score (nSPS) is 11.5. The third kappa shape index (κ3) is 3.51. The minimum absolute atomic E-state index is 0.206. The maximum atomic E-state index is 12.0. The minimum Gasteiger partial charge on any atom is -0.493 e. The van der Waals surface area contributed by atoms with Crippen LogP contribution in [-0.2, 0) is 4.79 Å². The molecule has 104 valence electrons. The SMILES string of the molecule is COc1ccccc1O[C@@H](C)C(=O)Nc1ccccc1. The molecule has 2 aromatic rings. The van der Waals surface area contributed by atoms with Crippen molar-refractivity contribution in [3.63, 3.8) is 0 Å². The van der Waals surface area contributed by atoms with Gasteiger partial charge in [0.15, 0.2) is 17.6 Å². The molecule has 0 aliphatic carbocycles. The number of nitrogens with one attached hydrogen (secondary N) is 1. The van der Waals surface area contributed by atoms with Gasteiger partial charge >= 0.3 is 0 Å². The number of hydrogen-bond donors (Lipinski definition) is 1. The van der Waals surface area contributed by atoms with Crippen molar-refractivity contribution in [3.05, 3.63) is 54.6 Å². The Balaban J connectivity index is 2.01. The summed E-state index contributed by atoms with van der Waals surface area (Å²) in [6.07, 6.45) is -0.619. The van der Waals surface area contributed by atoms with Crippen molar-refractivity contribution in [2.45, 2.75) is 13.0 Å². The van der Waals surface area contributed by atoms with Crippen LogP contribution in [0.5, 0.6) is 11.5 Å². The molecule has 0 bridgehead atoms. The van der Waals surface area contributed by atoms with E-state index in [4.69, 9.17) is 9.47 Å². The van der Waals surface area contributed by atoms with Crippen molar-refractivity contribution < 1.29 is 14.3 Å². The molecule has 1 atom stereocenters. The van der Waals surface area contributed by atoms with Gasteiger partial charge in [-0.3, -0.25) is 4.79 Å². The number of hydrogen-bond acceptors (Lipinski definition) is 3. The standard InChI is InChI=1S/C16H17NO3/c1-12(16(18)17-13-8-4-3-5-9-13)20-15-11-7-6-10-14(15)19-2/h3-12H,1-2H3,(H,17,18)/t12-/m0/s1. The zero-order chi connectivity index (χ0) is 14.4. The summed E-state index contributed by atoms with van der Waals surface area (Å²) < 4.78 is 10.8. The lowest BCUT2D eigenvalue weighted by molar-refractivity contribution is -0.122. The Morgan fingerprint density at radius 3 is 2.25 bits per heavy atom. The van der Waals surface area contributed by atoms with Crippen LogP contribution >= 0.6 is 0 Å². The Labute approximate surface area is 118 Å². The molecule has 0 spiro atoms. The Bertz CT molecular complexity index is 569. The first-order valence-electron chi connectivity index (χ1n) is 6.36. The largest absolute Gasteiger partial charge is 0.493 e. The third-order valence-electron chi connectivity index (χ3n) is 2.78. The van der Waals surface area contributed by atoms with Crippen molar-refractivity contribution in [2.75, 3.05) is 12.4 Å². The molecule has 0 saturated heterocycles. The summed E-state index contributed by atoms with van der Waals surface area (Å²) >= 11 is 0. The monoisotopic (exact) mass is 271 g/mol. The average molecular weight is 271 g/mol. The fraction of sp³-hybridized carbons (Fsp3) is 0.188. The summed E-state index contributed by atoms with van der Waals surface area (Å²) in [5.74, 6) is 0.944. The molecule has 0 aliphatic heterocycles. The minimum atomic E-state index is -0.619. The van der Waals surface area contributed by atoms with Gasteiger partial charge in [0.2, 0.25) is 0 Å².